The van der Waals surface area contributed by atoms with Gasteiger partial charge in [-0.2, -0.15) is 0 Å². The Bertz CT molecular complexity index is 2780. The SMILES string of the molecule is c1cc(-c2ccc3sc4ccccc4c3c2)nc(-c2ccc3c(c2)c2ccccc2n3-c2cccc3sc4ccccc4c23)c1. The maximum Gasteiger partial charge on any atom is 0.0709 e. The first kappa shape index (κ1) is 25.1. The van der Waals surface area contributed by atoms with Crippen molar-refractivity contribution >= 4 is 84.8 Å². The molecule has 45 heavy (non-hydrogen) atoms. The lowest BCUT2D eigenvalue weighted by atomic mass is 10.0. The van der Waals surface area contributed by atoms with Crippen molar-refractivity contribution < 1.29 is 0 Å². The van der Waals surface area contributed by atoms with Crippen LogP contribution in [0.1, 0.15) is 0 Å². The lowest BCUT2D eigenvalue weighted by Gasteiger charge is -2.11. The second-order valence-electron chi connectivity index (χ2n) is 11.6. The molecule has 10 rings (SSSR count). The summed E-state index contributed by atoms with van der Waals surface area (Å²) in [6, 6.07) is 52.8. The number of pyridine rings is 1. The van der Waals surface area contributed by atoms with E-state index in [1.54, 1.807) is 0 Å². The highest BCUT2D eigenvalue weighted by molar-refractivity contribution is 7.26. The van der Waals surface area contributed by atoms with Crippen molar-refractivity contribution in [3.05, 3.63) is 146 Å². The fourth-order valence-corrected chi connectivity index (χ4v) is 9.19. The Morgan fingerprint density at radius 3 is 1.82 bits per heavy atom. The monoisotopic (exact) mass is 608 g/mol. The minimum absolute atomic E-state index is 0.979. The maximum atomic E-state index is 5.20. The molecule has 0 saturated carbocycles. The van der Waals surface area contributed by atoms with E-state index in [4.69, 9.17) is 4.98 Å². The van der Waals surface area contributed by atoms with Gasteiger partial charge in [0.2, 0.25) is 0 Å². The molecule has 10 aromatic rings. The molecule has 0 radical (unpaired) electrons. The molecule has 0 atom stereocenters. The molecule has 0 aliphatic carbocycles. The zero-order valence-corrected chi connectivity index (χ0v) is 25.7. The highest BCUT2D eigenvalue weighted by Gasteiger charge is 2.17. The number of thiophene rings is 2. The normalized spacial score (nSPS) is 12.0. The molecule has 210 valence electrons. The van der Waals surface area contributed by atoms with Crippen LogP contribution in [0.5, 0.6) is 0 Å². The summed E-state index contributed by atoms with van der Waals surface area (Å²) in [6.45, 7) is 0. The average Bonchev–Trinajstić information content (AvgIpc) is 3.77. The summed E-state index contributed by atoms with van der Waals surface area (Å²) >= 11 is 3.71. The van der Waals surface area contributed by atoms with E-state index < -0.39 is 0 Å². The van der Waals surface area contributed by atoms with Gasteiger partial charge >= 0.3 is 0 Å². The van der Waals surface area contributed by atoms with Crippen LogP contribution < -0.4 is 0 Å². The second kappa shape index (κ2) is 9.60. The van der Waals surface area contributed by atoms with E-state index >= 15 is 0 Å². The van der Waals surface area contributed by atoms with Gasteiger partial charge in [-0.05, 0) is 66.7 Å². The largest absolute Gasteiger partial charge is 0.309 e. The van der Waals surface area contributed by atoms with Gasteiger partial charge in [0, 0.05) is 62.2 Å². The molecule has 4 aromatic heterocycles. The lowest BCUT2D eigenvalue weighted by molar-refractivity contribution is 1.20. The van der Waals surface area contributed by atoms with Crippen molar-refractivity contribution in [2.24, 2.45) is 0 Å². The number of benzene rings is 6. The molecule has 0 fully saturated rings. The molecule has 2 nitrogen and oxygen atoms in total. The van der Waals surface area contributed by atoms with Crippen LogP contribution in [0.4, 0.5) is 0 Å². The minimum atomic E-state index is 0.979. The van der Waals surface area contributed by atoms with E-state index in [1.807, 2.05) is 22.7 Å². The summed E-state index contributed by atoms with van der Waals surface area (Å²) in [4.78, 5) is 5.20. The molecule has 0 spiro atoms. The van der Waals surface area contributed by atoms with Gasteiger partial charge in [-0.15, -0.1) is 22.7 Å². The van der Waals surface area contributed by atoms with Gasteiger partial charge < -0.3 is 4.57 Å². The summed E-state index contributed by atoms with van der Waals surface area (Å²) < 4.78 is 7.71. The van der Waals surface area contributed by atoms with Crippen LogP contribution in [-0.2, 0) is 0 Å². The van der Waals surface area contributed by atoms with E-state index in [2.05, 4.69) is 150 Å². The molecule has 0 unspecified atom stereocenters. The third-order valence-corrected chi connectivity index (χ3v) is 11.3. The van der Waals surface area contributed by atoms with Gasteiger partial charge in [0.15, 0.2) is 0 Å². The van der Waals surface area contributed by atoms with Crippen molar-refractivity contribution in [1.29, 1.82) is 0 Å². The zero-order chi connectivity index (χ0) is 29.5. The fraction of sp³-hybridized carbons (Fsp3) is 0. The van der Waals surface area contributed by atoms with Gasteiger partial charge in [-0.25, -0.2) is 4.98 Å². The number of fused-ring (bicyclic) bond motifs is 9. The molecule has 6 aromatic carbocycles. The molecule has 0 bridgehead atoms. The van der Waals surface area contributed by atoms with Crippen LogP contribution in [0.15, 0.2) is 146 Å². The Hall–Kier alpha value is -5.29. The topological polar surface area (TPSA) is 17.8 Å². The van der Waals surface area contributed by atoms with E-state index in [0.29, 0.717) is 0 Å². The van der Waals surface area contributed by atoms with Crippen molar-refractivity contribution in [2.45, 2.75) is 0 Å². The summed E-state index contributed by atoms with van der Waals surface area (Å²) in [7, 11) is 0. The quantitative estimate of drug-likeness (QED) is 0.195. The molecule has 0 N–H and O–H groups in total. The molecule has 0 amide bonds. The lowest BCUT2D eigenvalue weighted by Crippen LogP contribution is -1.94. The highest BCUT2D eigenvalue weighted by atomic mass is 32.1. The molecule has 0 saturated heterocycles. The Morgan fingerprint density at radius 1 is 0.400 bits per heavy atom. The van der Waals surface area contributed by atoms with Gasteiger partial charge in [0.1, 0.15) is 0 Å². The Kier molecular flexibility index (Phi) is 5.35. The third-order valence-electron chi connectivity index (χ3n) is 9.01. The number of aromatic nitrogens is 2. The molecular weight excluding hydrogens is 585 g/mol. The van der Waals surface area contributed by atoms with Crippen LogP contribution in [0.25, 0.3) is 90.4 Å². The van der Waals surface area contributed by atoms with Crippen molar-refractivity contribution in [3.63, 3.8) is 0 Å². The zero-order valence-electron chi connectivity index (χ0n) is 24.1. The van der Waals surface area contributed by atoms with Crippen molar-refractivity contribution in [2.75, 3.05) is 0 Å². The predicted octanol–water partition coefficient (Wildman–Crippen LogP) is 12.2. The Morgan fingerprint density at radius 2 is 0.978 bits per heavy atom. The Labute approximate surface area is 267 Å². The summed E-state index contributed by atoms with van der Waals surface area (Å²) in [5, 5.41) is 7.71. The van der Waals surface area contributed by atoms with Crippen molar-refractivity contribution in [3.8, 4) is 28.2 Å². The van der Waals surface area contributed by atoms with E-state index in [1.165, 1.54) is 67.8 Å². The molecule has 0 aliphatic rings. The average molecular weight is 609 g/mol. The molecule has 0 aliphatic heterocycles. The molecule has 4 heteroatoms. The minimum Gasteiger partial charge on any atom is -0.309 e. The van der Waals surface area contributed by atoms with Crippen LogP contribution in [0, 0.1) is 0 Å². The van der Waals surface area contributed by atoms with Gasteiger partial charge in [0.25, 0.3) is 0 Å². The summed E-state index contributed by atoms with van der Waals surface area (Å²) in [6.07, 6.45) is 0. The van der Waals surface area contributed by atoms with Crippen LogP contribution in [0.3, 0.4) is 0 Å². The molecular formula is C41H24N2S2. The fourth-order valence-electron chi connectivity index (χ4n) is 6.98. The summed E-state index contributed by atoms with van der Waals surface area (Å²) in [5.41, 5.74) is 7.87. The van der Waals surface area contributed by atoms with Gasteiger partial charge in [-0.1, -0.05) is 78.9 Å². The number of hydrogen-bond acceptors (Lipinski definition) is 3. The summed E-state index contributed by atoms with van der Waals surface area (Å²) in [5.74, 6) is 0. The van der Waals surface area contributed by atoms with Crippen molar-refractivity contribution in [1.82, 2.24) is 9.55 Å². The first-order valence-corrected chi connectivity index (χ1v) is 16.8. The maximum absolute atomic E-state index is 5.20. The van der Waals surface area contributed by atoms with Gasteiger partial charge in [0.05, 0.1) is 28.1 Å². The Balaban J connectivity index is 1.15. The first-order chi connectivity index (χ1) is 22.3. The smallest absolute Gasteiger partial charge is 0.0709 e. The van der Waals surface area contributed by atoms with Crippen LogP contribution >= 0.6 is 22.7 Å². The third kappa shape index (κ3) is 3.77. The molecule has 4 heterocycles. The number of rotatable bonds is 3. The number of hydrogen-bond donors (Lipinski definition) is 0. The standard InChI is InChI=1S/C41H24N2S2/c1-4-14-34-27(9-1)30-23-25(19-21-35(30)43(34)36-15-8-18-40-41(36)29-11-3-6-17-38(29)45-40)32-12-7-13-33(42-32)26-20-22-39-31(24-26)28-10-2-5-16-37(28)44-39/h1-24H. The highest BCUT2D eigenvalue weighted by Crippen LogP contribution is 2.42. The van der Waals surface area contributed by atoms with E-state index in [-0.39, 0.29) is 0 Å². The second-order valence-corrected chi connectivity index (χ2v) is 13.7. The van der Waals surface area contributed by atoms with E-state index in [0.717, 1.165) is 22.5 Å². The number of nitrogens with zero attached hydrogens (tertiary/aromatic N) is 2. The predicted molar refractivity (Wildman–Crippen MR) is 195 cm³/mol. The van der Waals surface area contributed by atoms with Crippen LogP contribution in [0.2, 0.25) is 0 Å². The first-order valence-electron chi connectivity index (χ1n) is 15.1. The van der Waals surface area contributed by atoms with Crippen LogP contribution in [-0.4, -0.2) is 9.55 Å². The van der Waals surface area contributed by atoms with E-state index in [9.17, 15) is 0 Å². The van der Waals surface area contributed by atoms with Gasteiger partial charge in [-0.3, -0.25) is 0 Å². The number of para-hydroxylation sites is 1.